The average molecular weight is 320 g/mol. The number of halogens is 1. The molecule has 0 spiro atoms. The second-order valence-corrected chi connectivity index (χ2v) is 6.50. The Labute approximate surface area is 128 Å². The van der Waals surface area contributed by atoms with Crippen LogP contribution in [-0.2, 0) is 0 Å². The molecule has 2 heterocycles. The Morgan fingerprint density at radius 3 is 2.86 bits per heavy atom. The summed E-state index contributed by atoms with van der Waals surface area (Å²) in [6, 6.07) is 9.06. The molecule has 3 aromatic rings. The van der Waals surface area contributed by atoms with Gasteiger partial charge < -0.3 is 10.8 Å². The first-order chi connectivity index (χ1) is 10.2. The van der Waals surface area contributed by atoms with Gasteiger partial charge in [0.05, 0.1) is 22.5 Å². The summed E-state index contributed by atoms with van der Waals surface area (Å²) in [6.07, 6.45) is 0. The summed E-state index contributed by atoms with van der Waals surface area (Å²) in [5.41, 5.74) is 6.79. The van der Waals surface area contributed by atoms with E-state index in [2.05, 4.69) is 9.97 Å². The third-order valence-electron chi connectivity index (χ3n) is 2.82. The van der Waals surface area contributed by atoms with Crippen molar-refractivity contribution in [2.45, 2.75) is 4.90 Å². The third-order valence-corrected chi connectivity index (χ3v) is 4.83. The molecular formula is C14H12FN3OS2. The zero-order valence-electron chi connectivity index (χ0n) is 10.9. The zero-order chi connectivity index (χ0) is 14.8. The molecule has 0 atom stereocenters. The first-order valence-electron chi connectivity index (χ1n) is 6.24. The summed E-state index contributed by atoms with van der Waals surface area (Å²) >= 11 is 3.04. The van der Waals surface area contributed by atoms with Crippen LogP contribution < -0.4 is 5.73 Å². The number of anilines is 1. The van der Waals surface area contributed by atoms with Crippen LogP contribution in [0.4, 0.5) is 10.1 Å². The first kappa shape index (κ1) is 14.2. The predicted octanol–water partition coefficient (Wildman–Crippen LogP) is 3.16. The molecule has 0 aliphatic carbocycles. The van der Waals surface area contributed by atoms with Crippen LogP contribution in [0.15, 0.2) is 35.2 Å². The molecule has 0 saturated heterocycles. The van der Waals surface area contributed by atoms with Crippen LogP contribution in [0, 0.1) is 5.95 Å². The fourth-order valence-corrected chi connectivity index (χ4v) is 3.57. The molecular weight excluding hydrogens is 308 g/mol. The third kappa shape index (κ3) is 2.99. The summed E-state index contributed by atoms with van der Waals surface area (Å²) in [6.45, 7) is 0.144. The van der Waals surface area contributed by atoms with Crippen molar-refractivity contribution in [2.75, 3.05) is 18.1 Å². The van der Waals surface area contributed by atoms with Crippen molar-refractivity contribution in [1.82, 2.24) is 9.97 Å². The number of aliphatic hydroxyl groups is 1. The van der Waals surface area contributed by atoms with Crippen LogP contribution in [0.2, 0.25) is 0 Å². The molecule has 0 aliphatic heterocycles. The van der Waals surface area contributed by atoms with E-state index in [4.69, 9.17) is 10.8 Å². The Hall–Kier alpha value is -1.70. The number of aliphatic hydroxyl groups excluding tert-OH is 1. The summed E-state index contributed by atoms with van der Waals surface area (Å²) in [5.74, 6) is -0.0204. The molecule has 0 aliphatic rings. The summed E-state index contributed by atoms with van der Waals surface area (Å²) < 4.78 is 14.4. The Bertz CT molecular complexity index is 791. The van der Waals surface area contributed by atoms with Crippen molar-refractivity contribution >= 4 is 39.0 Å². The van der Waals surface area contributed by atoms with E-state index in [1.54, 1.807) is 17.8 Å². The highest BCUT2D eigenvalue weighted by molar-refractivity contribution is 7.99. The molecule has 3 N–H and O–H groups in total. The van der Waals surface area contributed by atoms with E-state index in [0.717, 1.165) is 15.1 Å². The zero-order valence-corrected chi connectivity index (χ0v) is 12.5. The van der Waals surface area contributed by atoms with Gasteiger partial charge in [-0.05, 0) is 30.3 Å². The maximum Gasteiger partial charge on any atom is 0.236 e. The minimum atomic E-state index is -0.675. The van der Waals surface area contributed by atoms with Crippen LogP contribution in [-0.4, -0.2) is 27.4 Å². The molecule has 0 bridgehead atoms. The quantitative estimate of drug-likeness (QED) is 0.571. The number of thioether (sulfide) groups is 1. The van der Waals surface area contributed by atoms with E-state index in [0.29, 0.717) is 16.5 Å². The maximum atomic E-state index is 13.4. The topological polar surface area (TPSA) is 72.0 Å². The molecule has 4 nitrogen and oxygen atoms in total. The Kier molecular flexibility index (Phi) is 4.05. The summed E-state index contributed by atoms with van der Waals surface area (Å²) in [4.78, 5) is 9.37. The lowest BCUT2D eigenvalue weighted by atomic mass is 10.3. The normalized spacial score (nSPS) is 11.1. The Morgan fingerprint density at radius 2 is 2.10 bits per heavy atom. The lowest BCUT2D eigenvalue weighted by molar-refractivity contribution is 0.322. The second kappa shape index (κ2) is 5.97. The van der Waals surface area contributed by atoms with E-state index in [1.165, 1.54) is 17.4 Å². The van der Waals surface area contributed by atoms with Gasteiger partial charge in [0.1, 0.15) is 10.7 Å². The van der Waals surface area contributed by atoms with Crippen molar-refractivity contribution in [3.8, 4) is 10.7 Å². The Balaban J connectivity index is 1.98. The van der Waals surface area contributed by atoms with Gasteiger partial charge in [-0.1, -0.05) is 0 Å². The van der Waals surface area contributed by atoms with Crippen LogP contribution in [0.1, 0.15) is 0 Å². The number of thiazole rings is 1. The van der Waals surface area contributed by atoms with Gasteiger partial charge in [-0.25, -0.2) is 9.97 Å². The van der Waals surface area contributed by atoms with Gasteiger partial charge in [-0.2, -0.15) is 4.39 Å². The van der Waals surface area contributed by atoms with E-state index in [1.807, 2.05) is 18.2 Å². The van der Waals surface area contributed by atoms with Crippen molar-refractivity contribution < 1.29 is 9.50 Å². The predicted molar refractivity (Wildman–Crippen MR) is 85.0 cm³/mol. The van der Waals surface area contributed by atoms with Gasteiger partial charge >= 0.3 is 0 Å². The number of hydrogen-bond acceptors (Lipinski definition) is 6. The number of nitrogen functional groups attached to an aromatic ring is 1. The molecule has 0 saturated carbocycles. The highest BCUT2D eigenvalue weighted by Gasteiger charge is 2.10. The molecule has 0 unspecified atom stereocenters. The fraction of sp³-hybridized carbons (Fsp3) is 0.143. The largest absolute Gasteiger partial charge is 0.396 e. The smallest absolute Gasteiger partial charge is 0.236 e. The van der Waals surface area contributed by atoms with Gasteiger partial charge in [-0.3, -0.25) is 0 Å². The van der Waals surface area contributed by atoms with Crippen LogP contribution in [0.5, 0.6) is 0 Å². The van der Waals surface area contributed by atoms with E-state index in [-0.39, 0.29) is 12.3 Å². The van der Waals surface area contributed by atoms with Crippen molar-refractivity contribution in [1.29, 1.82) is 0 Å². The van der Waals surface area contributed by atoms with Crippen molar-refractivity contribution in [3.05, 3.63) is 36.3 Å². The number of pyridine rings is 1. The minimum absolute atomic E-state index is 0.0301. The number of nitrogens with two attached hydrogens (primary N) is 1. The van der Waals surface area contributed by atoms with Crippen LogP contribution >= 0.6 is 23.1 Å². The van der Waals surface area contributed by atoms with E-state index >= 15 is 0 Å². The van der Waals surface area contributed by atoms with Gasteiger partial charge in [0.25, 0.3) is 0 Å². The van der Waals surface area contributed by atoms with Gasteiger partial charge in [0.15, 0.2) is 0 Å². The first-order valence-corrected chi connectivity index (χ1v) is 8.04. The molecule has 2 aromatic heterocycles. The molecule has 0 fully saturated rings. The SMILES string of the molecule is Nc1ccc(-c2nc3ccc(SCCO)cc3s2)nc1[18F]. The highest BCUT2D eigenvalue weighted by Crippen LogP contribution is 2.32. The second-order valence-electron chi connectivity index (χ2n) is 4.30. The van der Waals surface area contributed by atoms with Crippen LogP contribution in [0.25, 0.3) is 20.9 Å². The number of aromatic nitrogens is 2. The summed E-state index contributed by atoms with van der Waals surface area (Å²) in [5, 5.41) is 9.52. The fourth-order valence-electron chi connectivity index (χ4n) is 1.83. The molecule has 0 amide bonds. The minimum Gasteiger partial charge on any atom is -0.396 e. The van der Waals surface area contributed by atoms with E-state index in [9.17, 15) is 4.39 Å². The van der Waals surface area contributed by atoms with Crippen molar-refractivity contribution in [2.24, 2.45) is 0 Å². The molecule has 1 aromatic carbocycles. The number of nitrogens with zero attached hydrogens (tertiary/aromatic N) is 2. The number of rotatable bonds is 4. The number of fused-ring (bicyclic) bond motifs is 1. The summed E-state index contributed by atoms with van der Waals surface area (Å²) in [7, 11) is 0. The van der Waals surface area contributed by atoms with Crippen molar-refractivity contribution in [3.63, 3.8) is 0 Å². The highest BCUT2D eigenvalue weighted by atomic mass is 32.2. The Morgan fingerprint density at radius 1 is 1.24 bits per heavy atom. The molecule has 7 heteroatoms. The van der Waals surface area contributed by atoms with Gasteiger partial charge in [0.2, 0.25) is 5.95 Å². The molecule has 3 rings (SSSR count). The monoisotopic (exact) mass is 320 g/mol. The molecule has 21 heavy (non-hydrogen) atoms. The standard InChI is InChI=1S/C14H12FN3OS2/c15-13-9(16)2-4-11(17-13)14-18-10-3-1-8(20-6-5-19)7-12(10)21-14/h1-4,7,19H,5-6,16H2/i15-1. The average Bonchev–Trinajstić information content (AvgIpc) is 2.91. The van der Waals surface area contributed by atoms with E-state index < -0.39 is 5.95 Å². The molecule has 0 radical (unpaired) electrons. The van der Waals surface area contributed by atoms with Crippen LogP contribution in [0.3, 0.4) is 0 Å². The number of benzene rings is 1. The lowest BCUT2D eigenvalue weighted by Gasteiger charge is -1.97. The maximum absolute atomic E-state index is 13.4. The molecule has 108 valence electrons. The lowest BCUT2D eigenvalue weighted by Crippen LogP contribution is -1.94. The van der Waals surface area contributed by atoms with Gasteiger partial charge in [0, 0.05) is 10.6 Å². The van der Waals surface area contributed by atoms with Gasteiger partial charge in [-0.15, -0.1) is 23.1 Å². The number of hydrogen-bond donors (Lipinski definition) is 2.